The van der Waals surface area contributed by atoms with Crippen LogP contribution in [0.1, 0.15) is 36.8 Å². The van der Waals surface area contributed by atoms with Crippen LogP contribution in [-0.2, 0) is 35.8 Å². The number of likely N-dealkylation sites (N-methyl/N-ethyl adjacent to an activating group) is 1. The Hall–Kier alpha value is -4.63. The predicted octanol–water partition coefficient (Wildman–Crippen LogP) is 1.68. The smallest absolute Gasteiger partial charge is 0.336 e. The number of aliphatic hydroxyl groups is 1. The number of carboxylic acids is 3. The predicted molar refractivity (Wildman–Crippen MR) is 158 cm³/mol. The van der Waals surface area contributed by atoms with Crippen molar-refractivity contribution in [3.8, 4) is 5.75 Å². The third-order valence-electron chi connectivity index (χ3n) is 8.31. The lowest BCUT2D eigenvalue weighted by Gasteiger charge is -2.39. The van der Waals surface area contributed by atoms with E-state index in [0.717, 1.165) is 11.3 Å². The van der Waals surface area contributed by atoms with E-state index in [-0.39, 0.29) is 29.8 Å². The number of aromatic hydroxyl groups is 1. The average Bonchev–Trinajstić information content (AvgIpc) is 3.15. The molecule has 0 aromatic heterocycles. The zero-order valence-electron chi connectivity index (χ0n) is 25.6. The lowest BCUT2D eigenvalue weighted by molar-refractivity contribution is -0.170. The maximum atomic E-state index is 14.3. The fourth-order valence-electron chi connectivity index (χ4n) is 5.93. The number of phenolic OH excluding ortho intramolecular Hbond substituents is 1. The van der Waals surface area contributed by atoms with E-state index >= 15 is 0 Å². The molecule has 0 radical (unpaired) electrons. The molecule has 2 aromatic carbocycles. The molecule has 2 amide bonds. The van der Waals surface area contributed by atoms with Gasteiger partial charge in [0, 0.05) is 33.4 Å². The first-order chi connectivity index (χ1) is 21.4. The Kier molecular flexibility index (Phi) is 11.1. The summed E-state index contributed by atoms with van der Waals surface area (Å²) in [4.78, 5) is 61.7. The van der Waals surface area contributed by atoms with Crippen LogP contribution in [0.3, 0.4) is 0 Å². The molecule has 2 aliphatic heterocycles. The fraction of sp³-hybridized carbons (Fsp3) is 0.452. The molecule has 5 N–H and O–H groups in total. The first-order valence-corrected chi connectivity index (χ1v) is 14.3. The Morgan fingerprint density at radius 3 is 2.09 bits per heavy atom. The number of hydrogen-bond donors (Lipinski definition) is 5. The second-order valence-corrected chi connectivity index (χ2v) is 11.8. The summed E-state index contributed by atoms with van der Waals surface area (Å²) in [7, 11) is 5.05. The maximum absolute atomic E-state index is 14.3. The number of likely N-dealkylation sites (tertiary alicyclic amines) is 1. The number of nitrogens with zero attached hydrogens (tertiary/aromatic N) is 3. The first kappa shape index (κ1) is 35.8. The van der Waals surface area contributed by atoms with E-state index in [9.17, 15) is 37.9 Å². The standard InChI is InChI=1S/C25H29F2N3O3.C6H8O7/c1-28(2)23(32)17(12-16-13-19(31)5-6-21(16)27)15-30-10-8-25(9-11-30)20-14-18(26)4-7-22(20)29(3)24(25)33;7-3(8)1-6(13,5(11)12)2-4(9)10/h4-7,13-14,17,31H,8-12,15H2,1-3H3;13H,1-2H2,(H,7,8)(H,9,10)(H,11,12). The quantitative estimate of drug-likeness (QED) is 0.251. The number of hydrogen-bond acceptors (Lipinski definition) is 8. The Morgan fingerprint density at radius 2 is 1.57 bits per heavy atom. The highest BCUT2D eigenvalue weighted by atomic mass is 19.1. The van der Waals surface area contributed by atoms with E-state index in [1.807, 2.05) is 0 Å². The molecule has 1 saturated heterocycles. The number of carbonyl (C=O) groups excluding carboxylic acids is 2. The van der Waals surface area contributed by atoms with Crippen LogP contribution >= 0.6 is 0 Å². The molecule has 1 fully saturated rings. The van der Waals surface area contributed by atoms with Gasteiger partial charge in [-0.05, 0) is 79.9 Å². The summed E-state index contributed by atoms with van der Waals surface area (Å²) in [5, 5.41) is 43.6. The third kappa shape index (κ3) is 7.95. The minimum atomic E-state index is -2.74. The number of carbonyl (C=O) groups is 5. The summed E-state index contributed by atoms with van der Waals surface area (Å²) in [5.74, 6) is -6.53. The molecular formula is C31H37F2N3O10. The molecule has 0 saturated carbocycles. The Bertz CT molecular complexity index is 1490. The molecule has 2 aliphatic rings. The molecule has 250 valence electrons. The molecule has 0 bridgehead atoms. The number of rotatable bonds is 10. The fourth-order valence-corrected chi connectivity index (χ4v) is 5.93. The van der Waals surface area contributed by atoms with E-state index < -0.39 is 53.5 Å². The molecule has 1 atom stereocenters. The number of piperidine rings is 1. The number of aliphatic carboxylic acids is 3. The third-order valence-corrected chi connectivity index (χ3v) is 8.31. The lowest BCUT2D eigenvalue weighted by atomic mass is 9.73. The van der Waals surface area contributed by atoms with E-state index in [1.165, 1.54) is 35.2 Å². The molecule has 0 aliphatic carbocycles. The van der Waals surface area contributed by atoms with Crippen LogP contribution in [-0.4, -0.2) is 111 Å². The highest BCUT2D eigenvalue weighted by molar-refractivity contribution is 6.07. The first-order valence-electron chi connectivity index (χ1n) is 14.3. The van der Waals surface area contributed by atoms with Crippen molar-refractivity contribution in [2.24, 2.45) is 5.92 Å². The van der Waals surface area contributed by atoms with E-state index in [0.29, 0.717) is 38.0 Å². The maximum Gasteiger partial charge on any atom is 0.336 e. The number of fused-ring (bicyclic) bond motifs is 2. The zero-order valence-corrected chi connectivity index (χ0v) is 25.6. The van der Waals surface area contributed by atoms with Crippen LogP contribution in [0.4, 0.5) is 14.5 Å². The van der Waals surface area contributed by atoms with Crippen molar-refractivity contribution in [3.05, 3.63) is 59.2 Å². The molecule has 4 rings (SSSR count). The van der Waals surface area contributed by atoms with Gasteiger partial charge in [-0.25, -0.2) is 13.6 Å². The van der Waals surface area contributed by atoms with Crippen molar-refractivity contribution >= 4 is 35.4 Å². The van der Waals surface area contributed by atoms with Crippen molar-refractivity contribution in [2.45, 2.75) is 43.1 Å². The summed E-state index contributed by atoms with van der Waals surface area (Å²) >= 11 is 0. The Balaban J connectivity index is 0.000000376. The van der Waals surface area contributed by atoms with E-state index in [2.05, 4.69) is 4.90 Å². The minimum Gasteiger partial charge on any atom is -0.508 e. The van der Waals surface area contributed by atoms with Gasteiger partial charge in [-0.3, -0.25) is 19.2 Å². The van der Waals surface area contributed by atoms with Gasteiger partial charge >= 0.3 is 17.9 Å². The molecule has 15 heteroatoms. The number of phenols is 1. The summed E-state index contributed by atoms with van der Waals surface area (Å²) in [6, 6.07) is 8.33. The van der Waals surface area contributed by atoms with Crippen LogP contribution in [0.2, 0.25) is 0 Å². The molecule has 2 heterocycles. The largest absolute Gasteiger partial charge is 0.508 e. The van der Waals surface area contributed by atoms with Crippen molar-refractivity contribution < 1.29 is 58.3 Å². The minimum absolute atomic E-state index is 0.0227. The van der Waals surface area contributed by atoms with Crippen LogP contribution in [0.15, 0.2) is 36.4 Å². The van der Waals surface area contributed by atoms with Crippen LogP contribution in [0.5, 0.6) is 5.75 Å². The average molecular weight is 650 g/mol. The van der Waals surface area contributed by atoms with Crippen LogP contribution < -0.4 is 4.90 Å². The van der Waals surface area contributed by atoms with Gasteiger partial charge in [0.25, 0.3) is 0 Å². The summed E-state index contributed by atoms with van der Waals surface area (Å²) in [6.45, 7) is 1.53. The number of anilines is 1. The lowest BCUT2D eigenvalue weighted by Crippen LogP contribution is -2.50. The van der Waals surface area contributed by atoms with E-state index in [1.54, 1.807) is 32.1 Å². The van der Waals surface area contributed by atoms with Gasteiger partial charge < -0.3 is 40.2 Å². The van der Waals surface area contributed by atoms with Gasteiger partial charge in [0.15, 0.2) is 5.60 Å². The van der Waals surface area contributed by atoms with Crippen LogP contribution in [0.25, 0.3) is 0 Å². The molecule has 2 aromatic rings. The molecule has 1 unspecified atom stereocenters. The highest BCUT2D eigenvalue weighted by Gasteiger charge is 2.51. The van der Waals surface area contributed by atoms with Gasteiger partial charge in [-0.1, -0.05) is 0 Å². The summed E-state index contributed by atoms with van der Waals surface area (Å²) in [5.41, 5.74) is -1.72. The van der Waals surface area contributed by atoms with Gasteiger partial charge in [0.05, 0.1) is 24.2 Å². The molecule has 1 spiro atoms. The second kappa shape index (κ2) is 14.2. The highest BCUT2D eigenvalue weighted by Crippen LogP contribution is 2.47. The van der Waals surface area contributed by atoms with E-state index in [4.69, 9.17) is 20.4 Å². The SMILES string of the molecule is CN(C)C(=O)C(Cc1cc(O)ccc1F)CN1CCC2(CC1)C(=O)N(C)c1ccc(F)cc12.O=C(O)CC(O)(CC(=O)O)C(=O)O. The summed E-state index contributed by atoms with van der Waals surface area (Å²) in [6.07, 6.45) is -1.08. The number of halogens is 2. The van der Waals surface area contributed by atoms with Crippen molar-refractivity contribution in [1.29, 1.82) is 0 Å². The number of carboxylic acid groups (broad SMARTS) is 3. The topological polar surface area (TPSA) is 196 Å². The van der Waals surface area contributed by atoms with Crippen LogP contribution in [0, 0.1) is 17.6 Å². The molecule has 13 nitrogen and oxygen atoms in total. The molecular weight excluding hydrogens is 612 g/mol. The van der Waals surface area contributed by atoms with Gasteiger partial charge in [0.1, 0.15) is 17.4 Å². The van der Waals surface area contributed by atoms with Crippen molar-refractivity contribution in [3.63, 3.8) is 0 Å². The van der Waals surface area contributed by atoms with Gasteiger partial charge in [0.2, 0.25) is 11.8 Å². The van der Waals surface area contributed by atoms with Crippen molar-refractivity contribution in [2.75, 3.05) is 45.7 Å². The Morgan fingerprint density at radius 1 is 0.978 bits per heavy atom. The Labute approximate surface area is 263 Å². The number of benzene rings is 2. The zero-order chi connectivity index (χ0) is 34.6. The van der Waals surface area contributed by atoms with Gasteiger partial charge in [-0.2, -0.15) is 0 Å². The normalized spacial score (nSPS) is 16.3. The monoisotopic (exact) mass is 649 g/mol. The van der Waals surface area contributed by atoms with Gasteiger partial charge in [-0.15, -0.1) is 0 Å². The molecule has 46 heavy (non-hydrogen) atoms. The second-order valence-electron chi connectivity index (χ2n) is 11.8. The summed E-state index contributed by atoms with van der Waals surface area (Å²) < 4.78 is 28.3. The van der Waals surface area contributed by atoms with Crippen molar-refractivity contribution in [1.82, 2.24) is 9.80 Å². The number of amides is 2.